The van der Waals surface area contributed by atoms with E-state index in [9.17, 15) is 0 Å². The molecule has 0 atom stereocenters. The van der Waals surface area contributed by atoms with Crippen LogP contribution in [0, 0.1) is 5.41 Å². The first-order chi connectivity index (χ1) is 5.20. The Morgan fingerprint density at radius 3 is 1.91 bits per heavy atom. The third kappa shape index (κ3) is 1.83. The Morgan fingerprint density at radius 2 is 1.45 bits per heavy atom. The summed E-state index contributed by atoms with van der Waals surface area (Å²) in [6, 6.07) is 0. The van der Waals surface area contributed by atoms with Gasteiger partial charge in [0.2, 0.25) is 0 Å². The lowest BCUT2D eigenvalue weighted by Gasteiger charge is -2.50. The Bertz CT molecular complexity index is 147. The van der Waals surface area contributed by atoms with Crippen LogP contribution in [0.5, 0.6) is 0 Å². The monoisotopic (exact) mass is 378 g/mol. The summed E-state index contributed by atoms with van der Waals surface area (Å²) in [6.07, 6.45) is 2.82. The van der Waals surface area contributed by atoms with Gasteiger partial charge in [0.15, 0.2) is 0 Å². The SMILES string of the molecule is IN1CCC2(CC1)CN(I)C2. The maximum Gasteiger partial charge on any atom is 0.0201 e. The first kappa shape index (κ1) is 8.96. The van der Waals surface area contributed by atoms with Crippen LogP contribution < -0.4 is 0 Å². The van der Waals surface area contributed by atoms with Gasteiger partial charge in [0.25, 0.3) is 0 Å². The number of hydrogen-bond acceptors (Lipinski definition) is 2. The van der Waals surface area contributed by atoms with Crippen LogP contribution in [0.1, 0.15) is 12.8 Å². The van der Waals surface area contributed by atoms with Crippen molar-refractivity contribution in [2.75, 3.05) is 26.2 Å². The van der Waals surface area contributed by atoms with Gasteiger partial charge in [-0.05, 0) is 18.3 Å². The van der Waals surface area contributed by atoms with E-state index in [1.165, 1.54) is 39.0 Å². The molecule has 0 aliphatic carbocycles. The molecule has 2 saturated heterocycles. The van der Waals surface area contributed by atoms with Crippen molar-refractivity contribution in [3.05, 3.63) is 0 Å². The second kappa shape index (κ2) is 3.26. The normalized spacial score (nSPS) is 32.2. The summed E-state index contributed by atoms with van der Waals surface area (Å²) in [5, 5.41) is 0. The molecule has 2 aliphatic heterocycles. The summed E-state index contributed by atoms with van der Waals surface area (Å²) < 4.78 is 4.82. The van der Waals surface area contributed by atoms with Crippen LogP contribution in [-0.4, -0.2) is 32.4 Å². The molecule has 2 heterocycles. The minimum atomic E-state index is 0.725. The van der Waals surface area contributed by atoms with Gasteiger partial charge in [-0.15, -0.1) is 0 Å². The van der Waals surface area contributed by atoms with E-state index in [0.717, 1.165) is 5.41 Å². The van der Waals surface area contributed by atoms with E-state index in [1.54, 1.807) is 0 Å². The molecule has 4 heteroatoms. The lowest BCUT2D eigenvalue weighted by Crippen LogP contribution is -2.55. The summed E-state index contributed by atoms with van der Waals surface area (Å²) in [5.41, 5.74) is 0.725. The van der Waals surface area contributed by atoms with E-state index in [0.29, 0.717) is 0 Å². The molecule has 64 valence electrons. The van der Waals surface area contributed by atoms with Gasteiger partial charge in [0, 0.05) is 71.9 Å². The van der Waals surface area contributed by atoms with Gasteiger partial charge in [-0.3, -0.25) is 0 Å². The lowest BCUT2D eigenvalue weighted by atomic mass is 9.74. The fourth-order valence-corrected chi connectivity index (χ4v) is 3.88. The largest absolute Gasteiger partial charge is 0.248 e. The van der Waals surface area contributed by atoms with Gasteiger partial charge < -0.3 is 0 Å². The predicted octanol–water partition coefficient (Wildman–Crippen LogP) is 2.08. The molecule has 2 rings (SSSR count). The van der Waals surface area contributed by atoms with Crippen LogP contribution in [0.4, 0.5) is 0 Å². The average Bonchev–Trinajstić information content (AvgIpc) is 1.92. The molecular weight excluding hydrogens is 366 g/mol. The van der Waals surface area contributed by atoms with Crippen molar-refractivity contribution in [3.8, 4) is 0 Å². The van der Waals surface area contributed by atoms with E-state index in [1.807, 2.05) is 0 Å². The van der Waals surface area contributed by atoms with Crippen LogP contribution in [0.2, 0.25) is 0 Å². The minimum Gasteiger partial charge on any atom is -0.248 e. The first-order valence-electron chi connectivity index (χ1n) is 4.02. The molecule has 0 unspecified atom stereocenters. The predicted molar refractivity (Wildman–Crippen MR) is 62.9 cm³/mol. The maximum absolute atomic E-state index is 2.44. The summed E-state index contributed by atoms with van der Waals surface area (Å²) in [7, 11) is 0. The Kier molecular flexibility index (Phi) is 2.66. The van der Waals surface area contributed by atoms with Crippen LogP contribution in [0.15, 0.2) is 0 Å². The molecule has 0 aromatic rings. The molecule has 2 aliphatic rings. The van der Waals surface area contributed by atoms with Gasteiger partial charge in [-0.1, -0.05) is 0 Å². The van der Waals surface area contributed by atoms with Crippen molar-refractivity contribution in [3.63, 3.8) is 0 Å². The van der Waals surface area contributed by atoms with Crippen LogP contribution in [-0.2, 0) is 0 Å². The van der Waals surface area contributed by atoms with Crippen LogP contribution >= 0.6 is 45.7 Å². The topological polar surface area (TPSA) is 6.48 Å². The van der Waals surface area contributed by atoms with E-state index < -0.39 is 0 Å². The Balaban J connectivity index is 1.88. The highest BCUT2D eigenvalue weighted by atomic mass is 127. The molecular formula is C7H12I2N2. The van der Waals surface area contributed by atoms with E-state index >= 15 is 0 Å². The summed E-state index contributed by atoms with van der Waals surface area (Å²) >= 11 is 4.87. The third-order valence-corrected chi connectivity index (χ3v) is 4.43. The molecule has 0 amide bonds. The molecule has 0 aromatic carbocycles. The van der Waals surface area contributed by atoms with Gasteiger partial charge >= 0.3 is 0 Å². The molecule has 0 radical (unpaired) electrons. The summed E-state index contributed by atoms with van der Waals surface area (Å²) in [5.74, 6) is 0. The fourth-order valence-electron chi connectivity index (χ4n) is 1.95. The molecule has 0 saturated carbocycles. The van der Waals surface area contributed by atoms with Crippen LogP contribution in [0.25, 0.3) is 0 Å². The quantitative estimate of drug-likeness (QED) is 0.471. The lowest BCUT2D eigenvalue weighted by molar-refractivity contribution is 0.0438. The number of hydrogen-bond donors (Lipinski definition) is 0. The van der Waals surface area contributed by atoms with Gasteiger partial charge in [0.05, 0.1) is 0 Å². The minimum absolute atomic E-state index is 0.725. The van der Waals surface area contributed by atoms with Crippen molar-refractivity contribution < 1.29 is 0 Å². The van der Waals surface area contributed by atoms with Crippen molar-refractivity contribution in [2.45, 2.75) is 12.8 Å². The number of halogens is 2. The van der Waals surface area contributed by atoms with E-state index in [2.05, 4.69) is 52.0 Å². The Hall–Kier alpha value is 1.38. The van der Waals surface area contributed by atoms with Gasteiger partial charge in [0.1, 0.15) is 0 Å². The van der Waals surface area contributed by atoms with Crippen molar-refractivity contribution in [1.29, 1.82) is 0 Å². The van der Waals surface area contributed by atoms with Gasteiger partial charge in [-0.2, -0.15) is 0 Å². The summed E-state index contributed by atoms with van der Waals surface area (Å²) in [4.78, 5) is 0. The second-order valence-corrected chi connectivity index (χ2v) is 6.42. The highest BCUT2D eigenvalue weighted by Crippen LogP contribution is 2.42. The van der Waals surface area contributed by atoms with Crippen molar-refractivity contribution in [2.24, 2.45) is 5.41 Å². The molecule has 0 bridgehead atoms. The Labute approximate surface area is 95.7 Å². The second-order valence-electron chi connectivity index (χ2n) is 3.69. The highest BCUT2D eigenvalue weighted by Gasteiger charge is 2.43. The molecule has 0 aromatic heterocycles. The van der Waals surface area contributed by atoms with Crippen molar-refractivity contribution in [1.82, 2.24) is 6.23 Å². The van der Waals surface area contributed by atoms with E-state index in [4.69, 9.17) is 0 Å². The maximum atomic E-state index is 2.44. The average molecular weight is 378 g/mol. The zero-order chi connectivity index (χ0) is 7.90. The Morgan fingerprint density at radius 1 is 0.909 bits per heavy atom. The van der Waals surface area contributed by atoms with Crippen LogP contribution in [0.3, 0.4) is 0 Å². The fraction of sp³-hybridized carbons (Fsp3) is 1.00. The number of piperidine rings is 1. The number of rotatable bonds is 0. The zero-order valence-corrected chi connectivity index (χ0v) is 10.7. The smallest absolute Gasteiger partial charge is 0.0201 e. The third-order valence-electron chi connectivity index (χ3n) is 2.78. The highest BCUT2D eigenvalue weighted by molar-refractivity contribution is 14.1. The summed E-state index contributed by atoms with van der Waals surface area (Å²) in [6.45, 7) is 5.26. The van der Waals surface area contributed by atoms with Gasteiger partial charge in [-0.25, -0.2) is 6.23 Å². The molecule has 2 nitrogen and oxygen atoms in total. The first-order valence-corrected chi connectivity index (χ1v) is 5.95. The van der Waals surface area contributed by atoms with Crippen molar-refractivity contribution >= 4 is 45.7 Å². The molecule has 2 fully saturated rings. The molecule has 0 N–H and O–H groups in total. The standard InChI is InChI=1S/C7H12I2N2/c8-10-3-1-7(2-4-10)5-11(9)6-7/h1-6H2. The zero-order valence-electron chi connectivity index (χ0n) is 6.39. The van der Waals surface area contributed by atoms with E-state index in [-0.39, 0.29) is 0 Å². The number of nitrogens with zero attached hydrogens (tertiary/aromatic N) is 2. The molecule has 11 heavy (non-hydrogen) atoms. The molecule has 1 spiro atoms.